The molecular formula is C34H50ClN3O4. The number of Topliss-reactive ketones (excluding diaryl/α,β-unsaturated/α-hetero) is 1. The minimum Gasteiger partial charge on any atom is -0.507 e. The Hall–Kier alpha value is -2.87. The van der Waals surface area contributed by atoms with Gasteiger partial charge in [0.2, 0.25) is 0 Å². The number of likely N-dealkylation sites (tertiary alicyclic amines) is 1. The first-order chi connectivity index (χ1) is 19.5. The van der Waals surface area contributed by atoms with E-state index < -0.39 is 0 Å². The highest BCUT2D eigenvalue weighted by Crippen LogP contribution is 2.39. The highest BCUT2D eigenvalue weighted by atomic mass is 35.5. The number of rotatable bonds is 14. The maximum atomic E-state index is 13.8. The zero-order valence-electron chi connectivity index (χ0n) is 25.6. The molecule has 0 aliphatic carbocycles. The fourth-order valence-corrected chi connectivity index (χ4v) is 6.04. The van der Waals surface area contributed by atoms with Gasteiger partial charge >= 0.3 is 0 Å². The molecule has 0 saturated carbocycles. The second kappa shape index (κ2) is 17.3. The summed E-state index contributed by atoms with van der Waals surface area (Å²) in [5.41, 5.74) is 4.50. The zero-order chi connectivity index (χ0) is 28.5. The molecule has 1 aliphatic heterocycles. The van der Waals surface area contributed by atoms with Gasteiger partial charge in [-0.2, -0.15) is 0 Å². The predicted molar refractivity (Wildman–Crippen MR) is 174 cm³/mol. The lowest BCUT2D eigenvalue weighted by atomic mass is 9.96. The molecule has 1 saturated heterocycles. The van der Waals surface area contributed by atoms with Crippen molar-refractivity contribution in [2.75, 3.05) is 19.6 Å². The third kappa shape index (κ3) is 8.36. The molecule has 1 fully saturated rings. The third-order valence-corrected chi connectivity index (χ3v) is 8.37. The second-order valence-electron chi connectivity index (χ2n) is 11.3. The van der Waals surface area contributed by atoms with E-state index in [9.17, 15) is 14.7 Å². The largest absolute Gasteiger partial charge is 0.507 e. The number of ketones is 1. The number of benzene rings is 2. The van der Waals surface area contributed by atoms with Crippen molar-refractivity contribution in [2.24, 2.45) is 0 Å². The van der Waals surface area contributed by atoms with Gasteiger partial charge in [-0.1, -0.05) is 82.7 Å². The lowest BCUT2D eigenvalue weighted by Gasteiger charge is -2.27. The lowest BCUT2D eigenvalue weighted by Crippen LogP contribution is -2.29. The molecule has 2 aromatic carbocycles. The average molecular weight is 600 g/mol. The fraction of sp³-hybridized carbons (Fsp3) is 0.529. The molecule has 0 bridgehead atoms. The van der Waals surface area contributed by atoms with Crippen molar-refractivity contribution in [2.45, 2.75) is 98.1 Å². The predicted octanol–water partition coefficient (Wildman–Crippen LogP) is 6.97. The fourth-order valence-electron chi connectivity index (χ4n) is 6.04. The van der Waals surface area contributed by atoms with Gasteiger partial charge in [0.1, 0.15) is 5.75 Å². The highest BCUT2D eigenvalue weighted by Gasteiger charge is 2.28. The molecule has 8 heteroatoms. The van der Waals surface area contributed by atoms with Crippen LogP contribution in [0.15, 0.2) is 36.4 Å². The molecule has 1 aliphatic rings. The Kier molecular flexibility index (Phi) is 14.5. The number of fused-ring (bicyclic) bond motifs is 1. The van der Waals surface area contributed by atoms with Crippen LogP contribution in [0.1, 0.15) is 116 Å². The summed E-state index contributed by atoms with van der Waals surface area (Å²) in [7, 11) is 0. The molecule has 3 aromatic rings. The summed E-state index contributed by atoms with van der Waals surface area (Å²) in [4.78, 5) is 29.2. The number of piperidine rings is 1. The van der Waals surface area contributed by atoms with Gasteiger partial charge in [0.05, 0.1) is 16.6 Å². The van der Waals surface area contributed by atoms with Crippen LogP contribution in [-0.4, -0.2) is 51.4 Å². The van der Waals surface area contributed by atoms with Crippen LogP contribution in [0.4, 0.5) is 0 Å². The van der Waals surface area contributed by atoms with Crippen LogP contribution in [0.3, 0.4) is 0 Å². The van der Waals surface area contributed by atoms with E-state index in [1.807, 2.05) is 38.1 Å². The first-order valence-corrected chi connectivity index (χ1v) is 15.4. The van der Waals surface area contributed by atoms with E-state index >= 15 is 0 Å². The van der Waals surface area contributed by atoms with Gasteiger partial charge in [-0.25, -0.2) is 0 Å². The number of aromatic nitrogens is 1. The number of phenols is 1. The van der Waals surface area contributed by atoms with Crippen molar-refractivity contribution in [3.63, 3.8) is 0 Å². The van der Waals surface area contributed by atoms with Crippen molar-refractivity contribution in [1.82, 2.24) is 14.8 Å². The summed E-state index contributed by atoms with van der Waals surface area (Å²) in [6.07, 6.45) is 10.8. The van der Waals surface area contributed by atoms with Crippen molar-refractivity contribution in [3.05, 3.63) is 64.3 Å². The Balaban J connectivity index is 0.00000308. The average Bonchev–Trinajstić information content (AvgIpc) is 3.25. The van der Waals surface area contributed by atoms with Crippen molar-refractivity contribution in [3.8, 4) is 5.75 Å². The van der Waals surface area contributed by atoms with Gasteiger partial charge in [-0.05, 0) is 50.9 Å². The van der Waals surface area contributed by atoms with Crippen LogP contribution < -0.4 is 5.32 Å². The Labute approximate surface area is 257 Å². The molecule has 232 valence electrons. The molecule has 0 spiro atoms. The Morgan fingerprint density at radius 2 is 1.60 bits per heavy atom. The van der Waals surface area contributed by atoms with Crippen molar-refractivity contribution < 1.29 is 20.2 Å². The maximum Gasteiger partial charge on any atom is 0.253 e. The summed E-state index contributed by atoms with van der Waals surface area (Å²) in [5, 5.41) is 15.5. The SMILES string of the molecule is CCCCCCCCNC(=O)c1c(C)n(Cc2ccccc2)c2cc(C(=O)CC)c(O)c(CN3CCCCC3)c12.Cl.O. The number of unbranched alkanes of at least 4 members (excludes halogenated alkanes) is 5. The Morgan fingerprint density at radius 3 is 2.26 bits per heavy atom. The van der Waals surface area contributed by atoms with Crippen molar-refractivity contribution >= 4 is 35.0 Å². The third-order valence-electron chi connectivity index (χ3n) is 8.37. The molecule has 1 aromatic heterocycles. The molecule has 4 rings (SSSR count). The number of carbonyl (C=O) groups excluding carboxylic acids is 2. The van der Waals surface area contributed by atoms with Crippen LogP contribution in [0.25, 0.3) is 10.9 Å². The van der Waals surface area contributed by atoms with Crippen LogP contribution in [0.2, 0.25) is 0 Å². The molecule has 0 unspecified atom stereocenters. The van der Waals surface area contributed by atoms with Crippen LogP contribution >= 0.6 is 12.4 Å². The minimum absolute atomic E-state index is 0. The van der Waals surface area contributed by atoms with Gasteiger partial charge in [0.25, 0.3) is 5.91 Å². The highest BCUT2D eigenvalue weighted by molar-refractivity contribution is 6.12. The first kappa shape index (κ1) is 35.3. The van der Waals surface area contributed by atoms with E-state index in [2.05, 4.69) is 33.8 Å². The summed E-state index contributed by atoms with van der Waals surface area (Å²) < 4.78 is 2.15. The van der Waals surface area contributed by atoms with Gasteiger partial charge in [-0.3, -0.25) is 14.5 Å². The number of carbonyl (C=O) groups is 2. The number of amides is 1. The number of hydrogen-bond acceptors (Lipinski definition) is 4. The Bertz CT molecular complexity index is 1300. The molecule has 4 N–H and O–H groups in total. The van der Waals surface area contributed by atoms with E-state index in [1.165, 1.54) is 32.1 Å². The van der Waals surface area contributed by atoms with Crippen LogP contribution in [-0.2, 0) is 13.1 Å². The number of halogens is 1. The van der Waals surface area contributed by atoms with Crippen LogP contribution in [0, 0.1) is 6.92 Å². The van der Waals surface area contributed by atoms with E-state index in [4.69, 9.17) is 0 Å². The van der Waals surface area contributed by atoms with E-state index in [0.29, 0.717) is 42.7 Å². The molecule has 0 atom stereocenters. The number of aromatic hydroxyl groups is 1. The molecule has 7 nitrogen and oxygen atoms in total. The molecule has 2 heterocycles. The quantitative estimate of drug-likeness (QED) is 0.154. The number of phenolic OH excluding ortho intramolecular Hbond substituents is 1. The van der Waals surface area contributed by atoms with Crippen LogP contribution in [0.5, 0.6) is 5.75 Å². The monoisotopic (exact) mass is 599 g/mol. The maximum absolute atomic E-state index is 13.8. The first-order valence-electron chi connectivity index (χ1n) is 15.4. The lowest BCUT2D eigenvalue weighted by molar-refractivity contribution is 0.0952. The number of hydrogen-bond donors (Lipinski definition) is 2. The summed E-state index contributed by atoms with van der Waals surface area (Å²) in [6.45, 7) is 9.69. The molecular weight excluding hydrogens is 550 g/mol. The number of nitrogens with one attached hydrogen (secondary N) is 1. The molecule has 0 radical (unpaired) electrons. The summed E-state index contributed by atoms with van der Waals surface area (Å²) in [6, 6.07) is 12.0. The van der Waals surface area contributed by atoms with E-state index in [0.717, 1.165) is 60.9 Å². The zero-order valence-corrected chi connectivity index (χ0v) is 26.5. The van der Waals surface area contributed by atoms with Gasteiger partial charge in [0, 0.05) is 42.7 Å². The van der Waals surface area contributed by atoms with E-state index in [1.54, 1.807) is 0 Å². The second-order valence-corrected chi connectivity index (χ2v) is 11.3. The van der Waals surface area contributed by atoms with Gasteiger partial charge in [-0.15, -0.1) is 12.4 Å². The minimum atomic E-state index is -0.100. The Morgan fingerprint density at radius 1 is 0.929 bits per heavy atom. The summed E-state index contributed by atoms with van der Waals surface area (Å²) in [5.74, 6) is -0.151. The normalized spacial score (nSPS) is 13.4. The number of nitrogens with zero attached hydrogens (tertiary/aromatic N) is 2. The molecule has 42 heavy (non-hydrogen) atoms. The smallest absolute Gasteiger partial charge is 0.253 e. The van der Waals surface area contributed by atoms with Gasteiger partial charge < -0.3 is 20.5 Å². The van der Waals surface area contributed by atoms with E-state index in [-0.39, 0.29) is 35.3 Å². The topological polar surface area (TPSA) is 106 Å². The summed E-state index contributed by atoms with van der Waals surface area (Å²) >= 11 is 0. The van der Waals surface area contributed by atoms with Gasteiger partial charge in [0.15, 0.2) is 5.78 Å². The standard InChI is InChI=1S/C34H47N3O3.ClH.H2O/c1-4-6-7-8-9-14-19-35-34(40)31-25(3)37(23-26-17-12-10-13-18-26)29-22-27(30(38)5-2)33(39)28(32(29)31)24-36-20-15-11-16-21-36;;/h10,12-13,17-18,22,39H,4-9,11,14-16,19-21,23-24H2,1-3H3,(H,35,40);1H;1H2. The molecule has 1 amide bonds. The van der Waals surface area contributed by atoms with Crippen molar-refractivity contribution in [1.29, 1.82) is 0 Å².